The molecule has 0 saturated carbocycles. The molecule has 0 aromatic carbocycles. The molecular formula is C8H18O3. The summed E-state index contributed by atoms with van der Waals surface area (Å²) in [6, 6.07) is 0. The second-order valence-electron chi connectivity index (χ2n) is 2.31. The zero-order valence-corrected chi connectivity index (χ0v) is 7.47. The Kier molecular flexibility index (Phi) is 9.77. The summed E-state index contributed by atoms with van der Waals surface area (Å²) in [6.45, 7) is 3.38. The van der Waals surface area contributed by atoms with Crippen molar-refractivity contribution in [3.8, 4) is 0 Å². The largest absolute Gasteiger partial charge is 0.382 e. The van der Waals surface area contributed by atoms with Gasteiger partial charge in [-0.3, -0.25) is 0 Å². The standard InChI is InChI=1S/C4H10O2.C4H8O/c1-5-3-4-6-2;1-2-4-5-3-1/h3-4H2,1-2H3;1-4H2. The van der Waals surface area contributed by atoms with Crippen molar-refractivity contribution in [3.05, 3.63) is 0 Å². The lowest BCUT2D eigenvalue weighted by Crippen LogP contribution is -1.96. The fourth-order valence-corrected chi connectivity index (χ4v) is 0.677. The number of methoxy groups -OCH3 is 2. The minimum atomic E-state index is 0.691. The molecule has 1 saturated heterocycles. The fraction of sp³-hybridized carbons (Fsp3) is 1.00. The van der Waals surface area contributed by atoms with E-state index in [-0.39, 0.29) is 0 Å². The van der Waals surface area contributed by atoms with Gasteiger partial charge in [0.1, 0.15) is 0 Å². The molecule has 3 heteroatoms. The van der Waals surface area contributed by atoms with E-state index in [0.29, 0.717) is 13.2 Å². The first-order valence-electron chi connectivity index (χ1n) is 3.97. The van der Waals surface area contributed by atoms with Crippen LogP contribution >= 0.6 is 0 Å². The van der Waals surface area contributed by atoms with E-state index < -0.39 is 0 Å². The molecule has 0 radical (unpaired) electrons. The molecule has 0 aromatic rings. The van der Waals surface area contributed by atoms with Crippen LogP contribution in [0.1, 0.15) is 12.8 Å². The normalized spacial score (nSPS) is 15.8. The van der Waals surface area contributed by atoms with E-state index >= 15 is 0 Å². The summed E-state index contributed by atoms with van der Waals surface area (Å²) in [7, 11) is 3.30. The second kappa shape index (κ2) is 9.88. The van der Waals surface area contributed by atoms with Crippen molar-refractivity contribution >= 4 is 0 Å². The summed E-state index contributed by atoms with van der Waals surface area (Å²) < 4.78 is 14.3. The van der Waals surface area contributed by atoms with Gasteiger partial charge in [0.05, 0.1) is 13.2 Å². The first kappa shape index (κ1) is 10.9. The van der Waals surface area contributed by atoms with Gasteiger partial charge in [0.15, 0.2) is 0 Å². The van der Waals surface area contributed by atoms with Crippen LogP contribution in [0, 0.1) is 0 Å². The molecule has 1 aliphatic rings. The number of rotatable bonds is 3. The SMILES string of the molecule is C1CCOC1.COCCOC. The van der Waals surface area contributed by atoms with E-state index in [1.807, 2.05) is 0 Å². The average Bonchev–Trinajstić information content (AvgIpc) is 2.57. The molecule has 0 spiro atoms. The van der Waals surface area contributed by atoms with Crippen molar-refractivity contribution in [2.24, 2.45) is 0 Å². The summed E-state index contributed by atoms with van der Waals surface area (Å²) >= 11 is 0. The van der Waals surface area contributed by atoms with Gasteiger partial charge in [-0.15, -0.1) is 0 Å². The second-order valence-corrected chi connectivity index (χ2v) is 2.31. The molecule has 0 unspecified atom stereocenters. The molecule has 0 atom stereocenters. The summed E-state index contributed by atoms with van der Waals surface area (Å²) in [5.74, 6) is 0. The Morgan fingerprint density at radius 3 is 1.64 bits per heavy atom. The van der Waals surface area contributed by atoms with Crippen LogP contribution in [0.25, 0.3) is 0 Å². The summed E-state index contributed by atoms with van der Waals surface area (Å²) in [5.41, 5.74) is 0. The van der Waals surface area contributed by atoms with Crippen LogP contribution < -0.4 is 0 Å². The predicted molar refractivity (Wildman–Crippen MR) is 43.8 cm³/mol. The van der Waals surface area contributed by atoms with Gasteiger partial charge in [-0.05, 0) is 12.8 Å². The van der Waals surface area contributed by atoms with Crippen molar-refractivity contribution in [2.45, 2.75) is 12.8 Å². The highest BCUT2D eigenvalue weighted by molar-refractivity contribution is 4.43. The monoisotopic (exact) mass is 162 g/mol. The van der Waals surface area contributed by atoms with E-state index in [2.05, 4.69) is 9.47 Å². The molecule has 3 nitrogen and oxygen atoms in total. The Bertz CT molecular complexity index is 50.7. The van der Waals surface area contributed by atoms with E-state index in [1.165, 1.54) is 12.8 Å². The van der Waals surface area contributed by atoms with Crippen molar-refractivity contribution < 1.29 is 14.2 Å². The summed E-state index contributed by atoms with van der Waals surface area (Å²) in [6.07, 6.45) is 2.56. The number of hydrogen-bond acceptors (Lipinski definition) is 3. The molecule has 68 valence electrons. The van der Waals surface area contributed by atoms with Crippen LogP contribution in [0.2, 0.25) is 0 Å². The molecule has 0 N–H and O–H groups in total. The maximum Gasteiger partial charge on any atom is 0.0696 e. The quantitative estimate of drug-likeness (QED) is 0.581. The first-order chi connectivity index (χ1) is 5.41. The summed E-state index contributed by atoms with van der Waals surface area (Å²) in [4.78, 5) is 0. The van der Waals surface area contributed by atoms with Crippen LogP contribution in [0.5, 0.6) is 0 Å². The van der Waals surface area contributed by atoms with E-state index in [4.69, 9.17) is 4.74 Å². The van der Waals surface area contributed by atoms with Crippen LogP contribution in [-0.2, 0) is 14.2 Å². The Morgan fingerprint density at radius 1 is 1.00 bits per heavy atom. The molecule has 1 fully saturated rings. The maximum atomic E-state index is 4.94. The Labute approximate surface area is 68.6 Å². The van der Waals surface area contributed by atoms with E-state index in [0.717, 1.165) is 13.2 Å². The highest BCUT2D eigenvalue weighted by atomic mass is 16.5. The topological polar surface area (TPSA) is 27.7 Å². The first-order valence-corrected chi connectivity index (χ1v) is 3.97. The van der Waals surface area contributed by atoms with Gasteiger partial charge < -0.3 is 14.2 Å². The van der Waals surface area contributed by atoms with Crippen molar-refractivity contribution in [1.82, 2.24) is 0 Å². The van der Waals surface area contributed by atoms with Gasteiger partial charge in [0, 0.05) is 27.4 Å². The fourth-order valence-electron chi connectivity index (χ4n) is 0.677. The van der Waals surface area contributed by atoms with Crippen LogP contribution in [0.15, 0.2) is 0 Å². The molecule has 1 rings (SSSR count). The molecule has 11 heavy (non-hydrogen) atoms. The minimum Gasteiger partial charge on any atom is -0.382 e. The third-order valence-corrected chi connectivity index (χ3v) is 1.32. The number of hydrogen-bond donors (Lipinski definition) is 0. The zero-order chi connectivity index (χ0) is 8.36. The number of ether oxygens (including phenoxy) is 3. The minimum absolute atomic E-state index is 0.691. The lowest BCUT2D eigenvalue weighted by molar-refractivity contribution is 0.103. The van der Waals surface area contributed by atoms with Gasteiger partial charge in [-0.1, -0.05) is 0 Å². The third kappa shape index (κ3) is 9.88. The lowest BCUT2D eigenvalue weighted by atomic mass is 10.4. The van der Waals surface area contributed by atoms with E-state index in [9.17, 15) is 0 Å². The molecule has 0 bridgehead atoms. The Morgan fingerprint density at radius 2 is 1.45 bits per heavy atom. The Balaban J connectivity index is 0.000000183. The maximum absolute atomic E-state index is 4.94. The van der Waals surface area contributed by atoms with Crippen LogP contribution in [-0.4, -0.2) is 40.6 Å². The van der Waals surface area contributed by atoms with Gasteiger partial charge in [0.2, 0.25) is 0 Å². The molecule has 1 heterocycles. The zero-order valence-electron chi connectivity index (χ0n) is 7.47. The average molecular weight is 162 g/mol. The van der Waals surface area contributed by atoms with Gasteiger partial charge in [-0.2, -0.15) is 0 Å². The van der Waals surface area contributed by atoms with Gasteiger partial charge >= 0.3 is 0 Å². The van der Waals surface area contributed by atoms with Crippen molar-refractivity contribution in [3.63, 3.8) is 0 Å². The molecule has 0 aromatic heterocycles. The van der Waals surface area contributed by atoms with Crippen molar-refractivity contribution in [2.75, 3.05) is 40.6 Å². The third-order valence-electron chi connectivity index (χ3n) is 1.32. The highest BCUT2D eigenvalue weighted by Crippen LogP contribution is 1.98. The Hall–Kier alpha value is -0.120. The molecule has 0 aliphatic carbocycles. The van der Waals surface area contributed by atoms with E-state index in [1.54, 1.807) is 14.2 Å². The summed E-state index contributed by atoms with van der Waals surface area (Å²) in [5, 5.41) is 0. The smallest absolute Gasteiger partial charge is 0.0696 e. The molecule has 0 amide bonds. The van der Waals surface area contributed by atoms with Crippen molar-refractivity contribution in [1.29, 1.82) is 0 Å². The lowest BCUT2D eigenvalue weighted by Gasteiger charge is -1.91. The van der Waals surface area contributed by atoms with Gasteiger partial charge in [0.25, 0.3) is 0 Å². The van der Waals surface area contributed by atoms with Gasteiger partial charge in [-0.25, -0.2) is 0 Å². The predicted octanol–water partition coefficient (Wildman–Crippen LogP) is 1.08. The molecular weight excluding hydrogens is 144 g/mol. The molecule has 1 aliphatic heterocycles. The highest BCUT2D eigenvalue weighted by Gasteiger charge is 1.94. The van der Waals surface area contributed by atoms with Crippen LogP contribution in [0.4, 0.5) is 0 Å². The van der Waals surface area contributed by atoms with Crippen LogP contribution in [0.3, 0.4) is 0 Å².